The van der Waals surface area contributed by atoms with Gasteiger partial charge in [-0.15, -0.1) is 0 Å². The molecule has 0 aliphatic rings. The van der Waals surface area contributed by atoms with Crippen molar-refractivity contribution in [2.24, 2.45) is 5.41 Å². The number of nitrogens with one attached hydrogen (secondary N) is 1. The van der Waals surface area contributed by atoms with E-state index in [1.807, 2.05) is 12.3 Å². The summed E-state index contributed by atoms with van der Waals surface area (Å²) in [4.78, 5) is 4.46. The van der Waals surface area contributed by atoms with E-state index in [0.717, 1.165) is 23.1 Å². The Morgan fingerprint density at radius 2 is 2.05 bits per heavy atom. The second-order valence-electron chi connectivity index (χ2n) is 5.86. The maximum absolute atomic E-state index is 5.73. The van der Waals surface area contributed by atoms with E-state index in [1.165, 1.54) is 0 Å². The lowest BCUT2D eigenvalue weighted by Crippen LogP contribution is -2.49. The number of likely N-dealkylation sites (N-methyl/N-ethyl adjacent to an activating group) is 1. The van der Waals surface area contributed by atoms with E-state index in [-0.39, 0.29) is 17.6 Å². The SMILES string of the molecule is CCNC(Cc1ccc(Br)cn1)C(OC)C(C)(C)C. The highest BCUT2D eigenvalue weighted by Gasteiger charge is 2.32. The van der Waals surface area contributed by atoms with Crippen molar-refractivity contribution in [1.82, 2.24) is 10.3 Å². The lowest BCUT2D eigenvalue weighted by molar-refractivity contribution is -0.0108. The van der Waals surface area contributed by atoms with Gasteiger partial charge >= 0.3 is 0 Å². The van der Waals surface area contributed by atoms with Gasteiger partial charge in [0.05, 0.1) is 6.10 Å². The first-order valence-corrected chi connectivity index (χ1v) is 7.54. The summed E-state index contributed by atoms with van der Waals surface area (Å²) < 4.78 is 6.74. The number of hydrogen-bond donors (Lipinski definition) is 1. The summed E-state index contributed by atoms with van der Waals surface area (Å²) >= 11 is 3.41. The van der Waals surface area contributed by atoms with Crippen LogP contribution in [0.4, 0.5) is 0 Å². The van der Waals surface area contributed by atoms with E-state index in [0.29, 0.717) is 0 Å². The Morgan fingerprint density at radius 1 is 1.37 bits per heavy atom. The van der Waals surface area contributed by atoms with Crippen molar-refractivity contribution >= 4 is 15.9 Å². The molecule has 0 aromatic carbocycles. The number of hydrogen-bond acceptors (Lipinski definition) is 3. The zero-order valence-corrected chi connectivity index (χ0v) is 14.1. The fourth-order valence-electron chi connectivity index (χ4n) is 2.42. The molecule has 0 aliphatic carbocycles. The van der Waals surface area contributed by atoms with Crippen LogP contribution in [0.2, 0.25) is 0 Å². The van der Waals surface area contributed by atoms with Crippen LogP contribution in [0.25, 0.3) is 0 Å². The lowest BCUT2D eigenvalue weighted by atomic mass is 9.83. The molecule has 1 heterocycles. The number of nitrogens with zero attached hydrogens (tertiary/aromatic N) is 1. The van der Waals surface area contributed by atoms with Gasteiger partial charge in [-0.25, -0.2) is 0 Å². The molecule has 19 heavy (non-hydrogen) atoms. The predicted octanol–water partition coefficient (Wildman–Crippen LogP) is 3.43. The first-order chi connectivity index (χ1) is 8.88. The molecule has 1 rings (SSSR count). The highest BCUT2D eigenvalue weighted by Crippen LogP contribution is 2.26. The molecule has 0 bridgehead atoms. The maximum Gasteiger partial charge on any atom is 0.0776 e. The second-order valence-corrected chi connectivity index (χ2v) is 6.77. The Hall–Kier alpha value is -0.450. The number of rotatable bonds is 6. The predicted molar refractivity (Wildman–Crippen MR) is 83.4 cm³/mol. The van der Waals surface area contributed by atoms with Crippen LogP contribution in [-0.4, -0.2) is 30.8 Å². The minimum atomic E-state index is 0.0942. The Kier molecular flexibility index (Phi) is 6.43. The number of methoxy groups -OCH3 is 1. The van der Waals surface area contributed by atoms with Gasteiger partial charge in [0.25, 0.3) is 0 Å². The zero-order chi connectivity index (χ0) is 14.5. The quantitative estimate of drug-likeness (QED) is 0.868. The van der Waals surface area contributed by atoms with E-state index >= 15 is 0 Å². The average Bonchev–Trinajstić information content (AvgIpc) is 2.31. The molecule has 0 radical (unpaired) electrons. The van der Waals surface area contributed by atoms with Gasteiger partial charge in [-0.05, 0) is 40.0 Å². The van der Waals surface area contributed by atoms with Crippen molar-refractivity contribution in [2.45, 2.75) is 46.3 Å². The number of pyridine rings is 1. The molecule has 0 amide bonds. The molecule has 4 heteroatoms. The van der Waals surface area contributed by atoms with Gasteiger partial charge in [0.1, 0.15) is 0 Å². The van der Waals surface area contributed by atoms with Crippen LogP contribution in [0.5, 0.6) is 0 Å². The minimum Gasteiger partial charge on any atom is -0.379 e. The van der Waals surface area contributed by atoms with Gasteiger partial charge in [0.2, 0.25) is 0 Å². The van der Waals surface area contributed by atoms with Crippen LogP contribution in [-0.2, 0) is 11.2 Å². The summed E-state index contributed by atoms with van der Waals surface area (Å²) in [6.07, 6.45) is 2.87. The molecule has 0 aliphatic heterocycles. The molecule has 1 N–H and O–H groups in total. The maximum atomic E-state index is 5.73. The monoisotopic (exact) mass is 328 g/mol. The van der Waals surface area contributed by atoms with Gasteiger partial charge in [-0.3, -0.25) is 4.98 Å². The van der Waals surface area contributed by atoms with Crippen molar-refractivity contribution in [1.29, 1.82) is 0 Å². The topological polar surface area (TPSA) is 34.2 Å². The van der Waals surface area contributed by atoms with Gasteiger partial charge in [0.15, 0.2) is 0 Å². The van der Waals surface area contributed by atoms with Crippen LogP contribution in [0, 0.1) is 5.41 Å². The minimum absolute atomic E-state index is 0.0942. The lowest BCUT2D eigenvalue weighted by Gasteiger charge is -2.36. The van der Waals surface area contributed by atoms with Gasteiger partial charge in [-0.2, -0.15) is 0 Å². The molecule has 3 nitrogen and oxygen atoms in total. The zero-order valence-electron chi connectivity index (χ0n) is 12.5. The third-order valence-electron chi connectivity index (χ3n) is 3.16. The first-order valence-electron chi connectivity index (χ1n) is 6.75. The Labute approximate surface area is 125 Å². The fraction of sp³-hybridized carbons (Fsp3) is 0.667. The van der Waals surface area contributed by atoms with Crippen molar-refractivity contribution in [3.05, 3.63) is 28.5 Å². The van der Waals surface area contributed by atoms with E-state index < -0.39 is 0 Å². The van der Waals surface area contributed by atoms with E-state index in [4.69, 9.17) is 4.74 Å². The molecule has 1 aromatic rings. The molecule has 0 saturated heterocycles. The van der Waals surface area contributed by atoms with Crippen molar-refractivity contribution in [3.8, 4) is 0 Å². The Balaban J connectivity index is 2.84. The normalized spacial score (nSPS) is 15.3. The standard InChI is InChI=1S/C15H25BrN2O/c1-6-17-13(14(19-5)15(2,3)4)9-12-8-7-11(16)10-18-12/h7-8,10,13-14,17H,6,9H2,1-5H3. The second kappa shape index (κ2) is 7.36. The van der Waals surface area contributed by atoms with E-state index in [1.54, 1.807) is 7.11 Å². The third-order valence-corrected chi connectivity index (χ3v) is 3.63. The molecule has 0 saturated carbocycles. The molecular formula is C15H25BrN2O. The highest BCUT2D eigenvalue weighted by atomic mass is 79.9. The fourth-order valence-corrected chi connectivity index (χ4v) is 2.66. The number of ether oxygens (including phenoxy) is 1. The smallest absolute Gasteiger partial charge is 0.0776 e. The summed E-state index contributed by atoms with van der Waals surface area (Å²) in [5, 5.41) is 3.53. The third kappa shape index (κ3) is 5.21. The largest absolute Gasteiger partial charge is 0.379 e. The first kappa shape index (κ1) is 16.6. The molecular weight excluding hydrogens is 304 g/mol. The van der Waals surface area contributed by atoms with Crippen molar-refractivity contribution in [2.75, 3.05) is 13.7 Å². The summed E-state index contributed by atoms with van der Waals surface area (Å²) in [6, 6.07) is 4.36. The van der Waals surface area contributed by atoms with Crippen molar-refractivity contribution in [3.63, 3.8) is 0 Å². The van der Waals surface area contributed by atoms with Gasteiger partial charge in [-0.1, -0.05) is 27.7 Å². The Bertz CT molecular complexity index is 373. The average molecular weight is 329 g/mol. The van der Waals surface area contributed by atoms with Crippen LogP contribution in [0.15, 0.2) is 22.8 Å². The summed E-state index contributed by atoms with van der Waals surface area (Å²) in [7, 11) is 1.79. The number of halogens is 1. The van der Waals surface area contributed by atoms with Crippen LogP contribution in [0.1, 0.15) is 33.4 Å². The molecule has 0 fully saturated rings. The molecule has 1 aromatic heterocycles. The summed E-state index contributed by atoms with van der Waals surface area (Å²) in [5.74, 6) is 0. The van der Waals surface area contributed by atoms with E-state index in [9.17, 15) is 0 Å². The van der Waals surface area contributed by atoms with Crippen LogP contribution in [0.3, 0.4) is 0 Å². The van der Waals surface area contributed by atoms with Crippen molar-refractivity contribution < 1.29 is 4.74 Å². The molecule has 108 valence electrons. The molecule has 2 atom stereocenters. The van der Waals surface area contributed by atoms with Gasteiger partial charge in [0, 0.05) is 35.9 Å². The number of aromatic nitrogens is 1. The highest BCUT2D eigenvalue weighted by molar-refractivity contribution is 9.10. The summed E-state index contributed by atoms with van der Waals surface area (Å²) in [6.45, 7) is 9.68. The van der Waals surface area contributed by atoms with E-state index in [2.05, 4.69) is 60.0 Å². The summed E-state index contributed by atoms with van der Waals surface area (Å²) in [5.41, 5.74) is 1.18. The van der Waals surface area contributed by atoms with Crippen LogP contribution >= 0.6 is 15.9 Å². The molecule has 0 spiro atoms. The van der Waals surface area contributed by atoms with Crippen LogP contribution < -0.4 is 5.32 Å². The molecule has 2 unspecified atom stereocenters. The Morgan fingerprint density at radius 3 is 2.47 bits per heavy atom. The van der Waals surface area contributed by atoms with Gasteiger partial charge < -0.3 is 10.1 Å².